The quantitative estimate of drug-likeness (QED) is 0.884. The van der Waals surface area contributed by atoms with E-state index in [0.29, 0.717) is 12.6 Å². The molecule has 0 radical (unpaired) electrons. The van der Waals surface area contributed by atoms with Crippen LogP contribution in [0, 0.1) is 13.8 Å². The molecular weight excluding hydrogens is 264 g/mol. The summed E-state index contributed by atoms with van der Waals surface area (Å²) in [4.78, 5) is 6.37. The Kier molecular flexibility index (Phi) is 5.09. The molecule has 0 bridgehead atoms. The number of nitrogens with zero attached hydrogens (tertiary/aromatic N) is 4. The van der Waals surface area contributed by atoms with E-state index in [1.54, 1.807) is 0 Å². The molecule has 0 amide bonds. The fourth-order valence-corrected chi connectivity index (χ4v) is 2.56. The normalized spacial score (nSPS) is 12.9. The van der Waals surface area contributed by atoms with Crippen molar-refractivity contribution in [3.63, 3.8) is 0 Å². The van der Waals surface area contributed by atoms with Gasteiger partial charge in [0.05, 0.1) is 18.8 Å². The van der Waals surface area contributed by atoms with Crippen molar-refractivity contribution in [2.24, 2.45) is 0 Å². The predicted molar refractivity (Wildman–Crippen MR) is 82.9 cm³/mol. The lowest BCUT2D eigenvalue weighted by Crippen LogP contribution is -2.22. The smallest absolute Gasteiger partial charge is 0.0644 e. The van der Waals surface area contributed by atoms with Crippen molar-refractivity contribution >= 4 is 0 Å². The van der Waals surface area contributed by atoms with Crippen LogP contribution in [0.25, 0.3) is 0 Å². The topological polar surface area (TPSA) is 54.2 Å². The Morgan fingerprint density at radius 3 is 2.57 bits per heavy atom. The minimum Gasteiger partial charge on any atom is -0.394 e. The lowest BCUT2D eigenvalue weighted by molar-refractivity contribution is 0.251. The van der Waals surface area contributed by atoms with Gasteiger partial charge in [0, 0.05) is 36.2 Å². The lowest BCUT2D eigenvalue weighted by Gasteiger charge is -2.25. The first-order valence-corrected chi connectivity index (χ1v) is 7.28. The van der Waals surface area contributed by atoms with Crippen molar-refractivity contribution < 1.29 is 5.11 Å². The molecule has 2 heterocycles. The third kappa shape index (κ3) is 3.49. The van der Waals surface area contributed by atoms with Gasteiger partial charge >= 0.3 is 0 Å². The highest BCUT2D eigenvalue weighted by atomic mass is 16.3. The Bertz CT molecular complexity index is 579. The number of pyridine rings is 1. The molecule has 5 nitrogen and oxygen atoms in total. The Labute approximate surface area is 126 Å². The van der Waals surface area contributed by atoms with Crippen molar-refractivity contribution in [1.82, 2.24) is 19.7 Å². The van der Waals surface area contributed by atoms with Crippen molar-refractivity contribution in [1.29, 1.82) is 0 Å². The molecule has 2 rings (SSSR count). The third-order valence-corrected chi connectivity index (χ3v) is 4.10. The average Bonchev–Trinajstić information content (AvgIpc) is 2.75. The second-order valence-electron chi connectivity index (χ2n) is 5.47. The minimum absolute atomic E-state index is 0.116. The zero-order valence-electron chi connectivity index (χ0n) is 13.2. The molecule has 114 valence electrons. The summed E-state index contributed by atoms with van der Waals surface area (Å²) in [7, 11) is 2.12. The highest BCUT2D eigenvalue weighted by Crippen LogP contribution is 2.22. The first kappa shape index (κ1) is 15.7. The molecule has 21 heavy (non-hydrogen) atoms. The molecule has 0 aliphatic carbocycles. The van der Waals surface area contributed by atoms with E-state index in [0.717, 1.165) is 17.9 Å². The fraction of sp³-hybridized carbons (Fsp3) is 0.500. The van der Waals surface area contributed by atoms with Crippen LogP contribution in [0.4, 0.5) is 0 Å². The molecule has 2 aromatic rings. The van der Waals surface area contributed by atoms with Crippen LogP contribution < -0.4 is 0 Å². The number of aryl methyl sites for hydroxylation is 1. The molecule has 0 saturated heterocycles. The highest BCUT2D eigenvalue weighted by Gasteiger charge is 2.17. The number of hydrogen-bond donors (Lipinski definition) is 1. The van der Waals surface area contributed by atoms with E-state index in [1.165, 1.54) is 11.1 Å². The summed E-state index contributed by atoms with van der Waals surface area (Å²) >= 11 is 0. The first-order valence-electron chi connectivity index (χ1n) is 7.28. The zero-order chi connectivity index (χ0) is 15.4. The lowest BCUT2D eigenvalue weighted by atomic mass is 10.1. The van der Waals surface area contributed by atoms with Crippen molar-refractivity contribution in [3.05, 3.63) is 47.0 Å². The Morgan fingerprint density at radius 1 is 1.29 bits per heavy atom. The maximum atomic E-state index is 9.09. The number of hydrogen-bond acceptors (Lipinski definition) is 4. The molecule has 0 aromatic carbocycles. The van der Waals surface area contributed by atoms with E-state index in [1.807, 2.05) is 24.0 Å². The molecule has 0 aliphatic heterocycles. The number of aromatic nitrogens is 3. The summed E-state index contributed by atoms with van der Waals surface area (Å²) in [5.74, 6) is 0. The fourth-order valence-electron chi connectivity index (χ4n) is 2.56. The maximum Gasteiger partial charge on any atom is 0.0644 e. The van der Waals surface area contributed by atoms with Crippen LogP contribution in [0.15, 0.2) is 24.5 Å². The van der Waals surface area contributed by atoms with Gasteiger partial charge in [-0.15, -0.1) is 0 Å². The van der Waals surface area contributed by atoms with E-state index in [9.17, 15) is 0 Å². The van der Waals surface area contributed by atoms with Gasteiger partial charge in [-0.25, -0.2) is 0 Å². The second-order valence-corrected chi connectivity index (χ2v) is 5.47. The van der Waals surface area contributed by atoms with Crippen LogP contribution >= 0.6 is 0 Å². The van der Waals surface area contributed by atoms with E-state index < -0.39 is 0 Å². The van der Waals surface area contributed by atoms with Crippen LogP contribution in [-0.2, 0) is 13.1 Å². The standard InChI is InChI=1S/C16H24N4O/c1-12-16(14(3)20(18-12)9-10-21)11-19(4)13(2)15-5-7-17-8-6-15/h5-8,13,21H,9-11H2,1-4H3. The van der Waals surface area contributed by atoms with E-state index >= 15 is 0 Å². The summed E-state index contributed by atoms with van der Waals surface area (Å²) < 4.78 is 1.88. The summed E-state index contributed by atoms with van der Waals surface area (Å²) in [6, 6.07) is 4.42. The van der Waals surface area contributed by atoms with E-state index in [4.69, 9.17) is 5.11 Å². The van der Waals surface area contributed by atoms with Crippen molar-refractivity contribution in [2.75, 3.05) is 13.7 Å². The first-order chi connectivity index (χ1) is 10.0. The largest absolute Gasteiger partial charge is 0.394 e. The van der Waals surface area contributed by atoms with Crippen molar-refractivity contribution in [2.45, 2.75) is 39.9 Å². The molecule has 0 spiro atoms. The van der Waals surface area contributed by atoms with Gasteiger partial charge in [0.1, 0.15) is 0 Å². The van der Waals surface area contributed by atoms with E-state index in [-0.39, 0.29) is 6.61 Å². The Hall–Kier alpha value is -1.72. The number of rotatable bonds is 6. The van der Waals surface area contributed by atoms with Crippen LogP contribution in [0.2, 0.25) is 0 Å². The van der Waals surface area contributed by atoms with Gasteiger partial charge in [0.25, 0.3) is 0 Å². The minimum atomic E-state index is 0.116. The van der Waals surface area contributed by atoms with Crippen LogP contribution in [0.1, 0.15) is 35.5 Å². The molecule has 1 N–H and O–H groups in total. The monoisotopic (exact) mass is 288 g/mol. The Balaban J connectivity index is 2.14. The number of aliphatic hydroxyl groups is 1. The maximum absolute atomic E-state index is 9.09. The van der Waals surface area contributed by atoms with Crippen LogP contribution in [0.5, 0.6) is 0 Å². The molecule has 0 aliphatic rings. The van der Waals surface area contributed by atoms with Crippen molar-refractivity contribution in [3.8, 4) is 0 Å². The highest BCUT2D eigenvalue weighted by molar-refractivity contribution is 5.25. The molecule has 0 saturated carbocycles. The van der Waals surface area contributed by atoms with Gasteiger partial charge in [-0.2, -0.15) is 5.10 Å². The number of aliphatic hydroxyl groups excluding tert-OH is 1. The Morgan fingerprint density at radius 2 is 1.95 bits per heavy atom. The van der Waals surface area contributed by atoms with Gasteiger partial charge in [-0.1, -0.05) is 0 Å². The van der Waals surface area contributed by atoms with Gasteiger partial charge in [0.2, 0.25) is 0 Å². The summed E-state index contributed by atoms with van der Waals surface area (Å²) in [5.41, 5.74) is 4.67. The molecule has 1 atom stereocenters. The summed E-state index contributed by atoms with van der Waals surface area (Å²) in [6.45, 7) is 7.79. The molecule has 5 heteroatoms. The van der Waals surface area contributed by atoms with Crippen LogP contribution in [0.3, 0.4) is 0 Å². The third-order valence-electron chi connectivity index (χ3n) is 4.10. The summed E-state index contributed by atoms with van der Waals surface area (Å²) in [6.07, 6.45) is 3.66. The van der Waals surface area contributed by atoms with Gasteiger partial charge < -0.3 is 5.11 Å². The SMILES string of the molecule is Cc1nn(CCO)c(C)c1CN(C)C(C)c1ccncc1. The zero-order valence-corrected chi connectivity index (χ0v) is 13.2. The summed E-state index contributed by atoms with van der Waals surface area (Å²) in [5, 5.41) is 13.6. The van der Waals surface area contributed by atoms with E-state index in [2.05, 4.69) is 48.0 Å². The van der Waals surface area contributed by atoms with Gasteiger partial charge in [0.15, 0.2) is 0 Å². The molecule has 2 aromatic heterocycles. The predicted octanol–water partition coefficient (Wildman–Crippen LogP) is 2.08. The average molecular weight is 288 g/mol. The molecular formula is C16H24N4O. The second kappa shape index (κ2) is 6.83. The molecule has 0 fully saturated rings. The van der Waals surface area contributed by atoms with Gasteiger partial charge in [-0.3, -0.25) is 14.6 Å². The molecule has 1 unspecified atom stereocenters. The van der Waals surface area contributed by atoms with Gasteiger partial charge in [-0.05, 0) is 45.5 Å². The van der Waals surface area contributed by atoms with Crippen LogP contribution in [-0.4, -0.2) is 38.4 Å².